The van der Waals surface area contributed by atoms with Gasteiger partial charge in [-0.3, -0.25) is 4.79 Å². The predicted octanol–water partition coefficient (Wildman–Crippen LogP) is 0.810. The van der Waals surface area contributed by atoms with E-state index >= 15 is 0 Å². The van der Waals surface area contributed by atoms with Crippen molar-refractivity contribution < 1.29 is 10.2 Å². The molecule has 4 N–H and O–H groups in total. The van der Waals surface area contributed by atoms with E-state index in [1.54, 1.807) is 13.0 Å². The first kappa shape index (κ1) is 13.7. The van der Waals surface area contributed by atoms with Crippen molar-refractivity contribution in [3.63, 3.8) is 0 Å². The van der Waals surface area contributed by atoms with E-state index in [1.165, 1.54) is 0 Å². The molecule has 0 spiro atoms. The molecule has 1 atom stereocenters. The Hall–Kier alpha value is -1.33. The number of aliphatic hydroxyl groups is 1. The molecule has 0 amide bonds. The number of aliphatic hydroxyl groups excluding tert-OH is 1. The van der Waals surface area contributed by atoms with Gasteiger partial charge in [-0.25, -0.2) is 0 Å². The van der Waals surface area contributed by atoms with E-state index in [-0.39, 0.29) is 11.3 Å². The van der Waals surface area contributed by atoms with E-state index < -0.39 is 11.7 Å². The number of hydrogen-bond acceptors (Lipinski definition) is 4. The van der Waals surface area contributed by atoms with Crippen molar-refractivity contribution in [2.45, 2.75) is 39.3 Å². The van der Waals surface area contributed by atoms with Crippen LogP contribution < -0.4 is 10.9 Å². The molecule has 1 aromatic heterocycles. The van der Waals surface area contributed by atoms with Crippen LogP contribution in [0.15, 0.2) is 10.9 Å². The maximum Gasteiger partial charge on any atom is 0.290 e. The lowest BCUT2D eigenvalue weighted by Crippen LogP contribution is -2.38. The molecule has 1 unspecified atom stereocenters. The molecule has 0 saturated carbocycles. The summed E-state index contributed by atoms with van der Waals surface area (Å²) in [6, 6.07) is 1.58. The third kappa shape index (κ3) is 3.87. The van der Waals surface area contributed by atoms with Crippen LogP contribution in [0.1, 0.15) is 38.1 Å². The number of pyridine rings is 1. The summed E-state index contributed by atoms with van der Waals surface area (Å²) in [7, 11) is 0. The number of aromatic amines is 1. The molecule has 0 fully saturated rings. The Labute approximate surface area is 101 Å². The predicted molar refractivity (Wildman–Crippen MR) is 66.2 cm³/mol. The lowest BCUT2D eigenvalue weighted by molar-refractivity contribution is 0.158. The monoisotopic (exact) mass is 240 g/mol. The smallest absolute Gasteiger partial charge is 0.290 e. The second-order valence-electron chi connectivity index (χ2n) is 5.23. The number of H-pyrrole nitrogens is 1. The van der Waals surface area contributed by atoms with Gasteiger partial charge in [0.05, 0.1) is 0 Å². The molecule has 0 aliphatic heterocycles. The summed E-state index contributed by atoms with van der Waals surface area (Å²) in [5.74, 6) is -0.301. The Kier molecular flexibility index (Phi) is 3.95. The Balaban J connectivity index is 2.83. The summed E-state index contributed by atoms with van der Waals surface area (Å²) in [5, 5.41) is 22.4. The minimum atomic E-state index is -0.804. The van der Waals surface area contributed by atoms with Gasteiger partial charge in [0, 0.05) is 17.8 Å². The zero-order valence-corrected chi connectivity index (χ0v) is 10.7. The maximum absolute atomic E-state index is 11.3. The zero-order chi connectivity index (χ0) is 13.2. The normalized spacial score (nSPS) is 13.7. The molecule has 5 heteroatoms. The van der Waals surface area contributed by atoms with E-state index in [2.05, 4.69) is 10.3 Å². The van der Waals surface area contributed by atoms with Crippen LogP contribution in [0.25, 0.3) is 0 Å². The van der Waals surface area contributed by atoms with Crippen molar-refractivity contribution in [2.75, 3.05) is 6.54 Å². The van der Waals surface area contributed by atoms with Gasteiger partial charge in [-0.05, 0) is 39.3 Å². The highest BCUT2D eigenvalue weighted by Gasteiger charge is 2.15. The Bertz CT molecular complexity index is 446. The highest BCUT2D eigenvalue weighted by molar-refractivity contribution is 5.30. The third-order valence-electron chi connectivity index (χ3n) is 2.40. The summed E-state index contributed by atoms with van der Waals surface area (Å²) >= 11 is 0. The molecule has 0 saturated heterocycles. The Morgan fingerprint density at radius 3 is 2.53 bits per heavy atom. The van der Waals surface area contributed by atoms with E-state index in [0.29, 0.717) is 17.8 Å². The van der Waals surface area contributed by atoms with Crippen LogP contribution in [0.4, 0.5) is 0 Å². The van der Waals surface area contributed by atoms with Gasteiger partial charge in [0.2, 0.25) is 0 Å². The number of aromatic nitrogens is 1. The van der Waals surface area contributed by atoms with E-state index in [1.807, 2.05) is 20.8 Å². The zero-order valence-electron chi connectivity index (χ0n) is 10.7. The maximum atomic E-state index is 11.3. The van der Waals surface area contributed by atoms with E-state index in [9.17, 15) is 15.0 Å². The molecule has 96 valence electrons. The topological polar surface area (TPSA) is 85.4 Å². The first-order valence-corrected chi connectivity index (χ1v) is 5.56. The van der Waals surface area contributed by atoms with Crippen molar-refractivity contribution in [3.8, 4) is 5.75 Å². The summed E-state index contributed by atoms with van der Waals surface area (Å²) in [4.78, 5) is 13.8. The number of aromatic hydroxyl groups is 1. The molecule has 0 aliphatic carbocycles. The van der Waals surface area contributed by atoms with Crippen molar-refractivity contribution in [1.29, 1.82) is 0 Å². The molecule has 0 bridgehead atoms. The summed E-state index contributed by atoms with van der Waals surface area (Å²) in [5.41, 5.74) is 0.183. The average Bonchev–Trinajstić information content (AvgIpc) is 2.20. The number of nitrogens with one attached hydrogen (secondary N) is 2. The first-order valence-electron chi connectivity index (χ1n) is 5.56. The molecular weight excluding hydrogens is 220 g/mol. The van der Waals surface area contributed by atoms with E-state index in [4.69, 9.17) is 0 Å². The molecule has 1 heterocycles. The van der Waals surface area contributed by atoms with Gasteiger partial charge in [0.1, 0.15) is 6.10 Å². The fourth-order valence-electron chi connectivity index (χ4n) is 1.40. The number of rotatable bonds is 3. The molecule has 5 nitrogen and oxygen atoms in total. The number of aryl methyl sites for hydroxylation is 1. The van der Waals surface area contributed by atoms with Crippen LogP contribution >= 0.6 is 0 Å². The van der Waals surface area contributed by atoms with Crippen molar-refractivity contribution in [3.05, 3.63) is 27.7 Å². The highest BCUT2D eigenvalue weighted by atomic mass is 16.3. The molecular formula is C12H20N2O3. The number of β-amino-alcohol motifs (C(OH)–C–C–N with tert-alkyl or cyclic N) is 1. The molecule has 0 aliphatic rings. The third-order valence-corrected chi connectivity index (χ3v) is 2.40. The molecule has 0 aromatic carbocycles. The lowest BCUT2D eigenvalue weighted by Gasteiger charge is -2.23. The van der Waals surface area contributed by atoms with Crippen LogP contribution in [-0.2, 0) is 0 Å². The van der Waals surface area contributed by atoms with Gasteiger partial charge in [-0.1, -0.05) is 0 Å². The quantitative estimate of drug-likeness (QED) is 0.630. The van der Waals surface area contributed by atoms with Crippen LogP contribution in [0.5, 0.6) is 5.75 Å². The van der Waals surface area contributed by atoms with Gasteiger partial charge in [0.25, 0.3) is 5.56 Å². The fourth-order valence-corrected chi connectivity index (χ4v) is 1.40. The van der Waals surface area contributed by atoms with E-state index in [0.717, 1.165) is 0 Å². The van der Waals surface area contributed by atoms with Gasteiger partial charge in [-0.15, -0.1) is 0 Å². The lowest BCUT2D eigenvalue weighted by atomic mass is 10.1. The minimum absolute atomic E-state index is 0.104. The van der Waals surface area contributed by atoms with Gasteiger partial charge in [0.15, 0.2) is 5.75 Å². The minimum Gasteiger partial charge on any atom is -0.503 e. The standard InChI is InChI=1S/C12H20N2O3/c1-7-5-8(14-11(17)10(7)16)9(15)6-13-12(2,3)4/h5,9,13,15-16H,6H2,1-4H3,(H,14,17). The summed E-state index contributed by atoms with van der Waals surface area (Å²) < 4.78 is 0. The largest absolute Gasteiger partial charge is 0.503 e. The van der Waals surface area contributed by atoms with Crippen LogP contribution in [0.3, 0.4) is 0 Å². The summed E-state index contributed by atoms with van der Waals surface area (Å²) in [6.07, 6.45) is -0.804. The second-order valence-corrected chi connectivity index (χ2v) is 5.23. The Morgan fingerprint density at radius 1 is 1.47 bits per heavy atom. The molecule has 17 heavy (non-hydrogen) atoms. The number of hydrogen-bond donors (Lipinski definition) is 4. The fraction of sp³-hybridized carbons (Fsp3) is 0.583. The first-order chi connectivity index (χ1) is 7.70. The van der Waals surface area contributed by atoms with Crippen LogP contribution in [0, 0.1) is 6.92 Å². The average molecular weight is 240 g/mol. The van der Waals surface area contributed by atoms with Gasteiger partial charge in [-0.2, -0.15) is 0 Å². The Morgan fingerprint density at radius 2 is 2.06 bits per heavy atom. The molecule has 1 aromatic rings. The van der Waals surface area contributed by atoms with Crippen molar-refractivity contribution >= 4 is 0 Å². The van der Waals surface area contributed by atoms with Gasteiger partial charge >= 0.3 is 0 Å². The van der Waals surface area contributed by atoms with Crippen LogP contribution in [-0.4, -0.2) is 27.3 Å². The SMILES string of the molecule is Cc1cc(C(O)CNC(C)(C)C)[nH]c(=O)c1O. The molecule has 1 rings (SSSR count). The van der Waals surface area contributed by atoms with Crippen molar-refractivity contribution in [2.24, 2.45) is 0 Å². The van der Waals surface area contributed by atoms with Crippen LogP contribution in [0.2, 0.25) is 0 Å². The highest BCUT2D eigenvalue weighted by Crippen LogP contribution is 2.15. The molecule has 0 radical (unpaired) electrons. The van der Waals surface area contributed by atoms with Crippen molar-refractivity contribution in [1.82, 2.24) is 10.3 Å². The summed E-state index contributed by atoms with van der Waals surface area (Å²) in [6.45, 7) is 7.93. The van der Waals surface area contributed by atoms with Gasteiger partial charge < -0.3 is 20.5 Å². The second kappa shape index (κ2) is 4.89.